The Morgan fingerprint density at radius 3 is 2.60 bits per heavy atom. The molecule has 1 saturated heterocycles. The number of nitrogens with zero attached hydrogens (tertiary/aromatic N) is 5. The van der Waals surface area contributed by atoms with E-state index < -0.39 is 0 Å². The summed E-state index contributed by atoms with van der Waals surface area (Å²) in [5.74, 6) is 1.07. The molecule has 2 N–H and O–H groups in total. The molecule has 1 aromatic rings. The van der Waals surface area contributed by atoms with E-state index in [-0.39, 0.29) is 0 Å². The number of piperazine rings is 1. The third kappa shape index (κ3) is 3.77. The highest BCUT2D eigenvalue weighted by atomic mass is 15.4. The van der Waals surface area contributed by atoms with Crippen molar-refractivity contribution in [2.24, 2.45) is 5.73 Å². The van der Waals surface area contributed by atoms with Crippen molar-refractivity contribution in [2.75, 3.05) is 32.7 Å². The van der Waals surface area contributed by atoms with Gasteiger partial charge in [0.25, 0.3) is 0 Å². The summed E-state index contributed by atoms with van der Waals surface area (Å²) in [4.78, 5) is 9.37. The average Bonchev–Trinajstić information content (AvgIpc) is 2.93. The van der Waals surface area contributed by atoms with Crippen LogP contribution in [0.4, 0.5) is 0 Å². The lowest BCUT2D eigenvalue weighted by Gasteiger charge is -2.38. The molecule has 6 nitrogen and oxygen atoms in total. The van der Waals surface area contributed by atoms with E-state index in [4.69, 9.17) is 5.73 Å². The number of aromatic nitrogens is 3. The highest BCUT2D eigenvalue weighted by Gasteiger charge is 2.23. The van der Waals surface area contributed by atoms with Crippen molar-refractivity contribution in [2.45, 2.75) is 45.8 Å². The zero-order valence-corrected chi connectivity index (χ0v) is 12.8. The number of aryl methyl sites for hydroxylation is 1. The summed E-state index contributed by atoms with van der Waals surface area (Å²) in [6.07, 6.45) is 4.07. The van der Waals surface area contributed by atoms with Gasteiger partial charge in [0.05, 0.1) is 6.54 Å². The lowest BCUT2D eigenvalue weighted by molar-refractivity contribution is 0.0881. The highest BCUT2D eigenvalue weighted by Crippen LogP contribution is 2.12. The summed E-state index contributed by atoms with van der Waals surface area (Å²) in [6.45, 7) is 11.3. The van der Waals surface area contributed by atoms with E-state index in [0.29, 0.717) is 6.04 Å². The van der Waals surface area contributed by atoms with Gasteiger partial charge < -0.3 is 5.73 Å². The van der Waals surface area contributed by atoms with Crippen LogP contribution in [0, 0.1) is 0 Å². The molecule has 1 atom stereocenters. The second-order valence-electron chi connectivity index (χ2n) is 5.48. The summed E-state index contributed by atoms with van der Waals surface area (Å²) in [6, 6.07) is 0.557. The molecule has 0 radical (unpaired) electrons. The third-order valence-corrected chi connectivity index (χ3v) is 4.18. The summed E-state index contributed by atoms with van der Waals surface area (Å²) < 4.78 is 1.98. The average molecular weight is 280 g/mol. The lowest BCUT2D eigenvalue weighted by atomic mass is 10.1. The van der Waals surface area contributed by atoms with Crippen molar-refractivity contribution in [3.63, 3.8) is 0 Å². The predicted molar refractivity (Wildman–Crippen MR) is 80.3 cm³/mol. The molecule has 1 aliphatic rings. The topological polar surface area (TPSA) is 63.2 Å². The minimum absolute atomic E-state index is 0.557. The van der Waals surface area contributed by atoms with E-state index in [1.54, 1.807) is 6.33 Å². The molecule has 0 aliphatic carbocycles. The normalized spacial score (nSPS) is 19.4. The number of nitrogens with two attached hydrogens (primary N) is 1. The second-order valence-corrected chi connectivity index (χ2v) is 5.48. The van der Waals surface area contributed by atoms with Crippen LogP contribution in [0.5, 0.6) is 0 Å². The highest BCUT2D eigenvalue weighted by molar-refractivity contribution is 4.87. The van der Waals surface area contributed by atoms with Crippen molar-refractivity contribution < 1.29 is 0 Å². The molecule has 0 bridgehead atoms. The first-order valence-corrected chi connectivity index (χ1v) is 7.81. The van der Waals surface area contributed by atoms with Gasteiger partial charge in [0.2, 0.25) is 0 Å². The molecule has 20 heavy (non-hydrogen) atoms. The maximum absolute atomic E-state index is 5.90. The molecule has 1 aliphatic heterocycles. The Kier molecular flexibility index (Phi) is 5.94. The Morgan fingerprint density at radius 1 is 1.25 bits per heavy atom. The van der Waals surface area contributed by atoms with Gasteiger partial charge in [-0.05, 0) is 13.3 Å². The summed E-state index contributed by atoms with van der Waals surface area (Å²) in [7, 11) is 0. The van der Waals surface area contributed by atoms with Gasteiger partial charge in [-0.3, -0.25) is 9.80 Å². The molecule has 2 heterocycles. The van der Waals surface area contributed by atoms with Crippen molar-refractivity contribution in [1.82, 2.24) is 24.6 Å². The molecular formula is C14H28N6. The third-order valence-electron chi connectivity index (χ3n) is 4.18. The van der Waals surface area contributed by atoms with Crippen molar-refractivity contribution in [3.05, 3.63) is 12.2 Å². The number of hydrogen-bond donors (Lipinski definition) is 1. The van der Waals surface area contributed by atoms with Crippen molar-refractivity contribution >= 4 is 0 Å². The van der Waals surface area contributed by atoms with Gasteiger partial charge in [-0.25, -0.2) is 9.67 Å². The Labute approximate surface area is 121 Å². The standard InChI is InChI=1S/C14H28N6/c1-3-5-13(10-15)19-8-6-18(7-9-19)11-14-16-12-17-20(14)4-2/h12-13H,3-11,15H2,1-2H3. The van der Waals surface area contributed by atoms with Crippen LogP contribution in [0.1, 0.15) is 32.5 Å². The van der Waals surface area contributed by atoms with Crippen LogP contribution in [0.25, 0.3) is 0 Å². The van der Waals surface area contributed by atoms with Gasteiger partial charge in [0.15, 0.2) is 0 Å². The summed E-state index contributed by atoms with van der Waals surface area (Å²) >= 11 is 0. The quantitative estimate of drug-likeness (QED) is 0.790. The maximum atomic E-state index is 5.90. The van der Waals surface area contributed by atoms with Crippen LogP contribution in [-0.2, 0) is 13.1 Å². The van der Waals surface area contributed by atoms with Crippen LogP contribution in [0.15, 0.2) is 6.33 Å². The SMILES string of the molecule is CCCC(CN)N1CCN(Cc2ncnn2CC)CC1. The van der Waals surface area contributed by atoms with E-state index in [0.717, 1.165) is 51.6 Å². The van der Waals surface area contributed by atoms with Gasteiger partial charge in [0, 0.05) is 45.3 Å². The first-order valence-electron chi connectivity index (χ1n) is 7.81. The molecule has 1 fully saturated rings. The van der Waals surface area contributed by atoms with E-state index in [1.165, 1.54) is 12.8 Å². The van der Waals surface area contributed by atoms with Gasteiger partial charge in [-0.2, -0.15) is 5.10 Å². The Morgan fingerprint density at radius 2 is 2.00 bits per heavy atom. The Bertz CT molecular complexity index is 383. The summed E-state index contributed by atoms with van der Waals surface area (Å²) in [5.41, 5.74) is 5.90. The first kappa shape index (κ1) is 15.4. The molecule has 114 valence electrons. The molecular weight excluding hydrogens is 252 g/mol. The molecule has 6 heteroatoms. The fraction of sp³-hybridized carbons (Fsp3) is 0.857. The van der Waals surface area contributed by atoms with Crippen LogP contribution in [0.3, 0.4) is 0 Å². The zero-order chi connectivity index (χ0) is 14.4. The largest absolute Gasteiger partial charge is 0.329 e. The van der Waals surface area contributed by atoms with Gasteiger partial charge in [-0.1, -0.05) is 13.3 Å². The Balaban J connectivity index is 1.82. The fourth-order valence-electron chi connectivity index (χ4n) is 2.94. The minimum atomic E-state index is 0.557. The molecule has 0 spiro atoms. The number of hydrogen-bond acceptors (Lipinski definition) is 5. The van der Waals surface area contributed by atoms with Crippen LogP contribution in [-0.4, -0.2) is 63.3 Å². The van der Waals surface area contributed by atoms with Crippen molar-refractivity contribution in [3.8, 4) is 0 Å². The maximum Gasteiger partial charge on any atom is 0.140 e. The van der Waals surface area contributed by atoms with Gasteiger partial charge in [-0.15, -0.1) is 0 Å². The van der Waals surface area contributed by atoms with Crippen LogP contribution >= 0.6 is 0 Å². The zero-order valence-electron chi connectivity index (χ0n) is 12.8. The Hall–Kier alpha value is -0.980. The van der Waals surface area contributed by atoms with Gasteiger partial charge in [0.1, 0.15) is 12.2 Å². The monoisotopic (exact) mass is 280 g/mol. The van der Waals surface area contributed by atoms with Gasteiger partial charge >= 0.3 is 0 Å². The van der Waals surface area contributed by atoms with E-state index in [1.807, 2.05) is 4.68 Å². The first-order chi connectivity index (χ1) is 9.78. The van der Waals surface area contributed by atoms with Crippen LogP contribution < -0.4 is 5.73 Å². The molecule has 1 aromatic heterocycles. The fourth-order valence-corrected chi connectivity index (χ4v) is 2.94. The number of rotatable bonds is 7. The van der Waals surface area contributed by atoms with E-state index in [2.05, 4.69) is 33.7 Å². The molecule has 1 unspecified atom stereocenters. The van der Waals surface area contributed by atoms with E-state index in [9.17, 15) is 0 Å². The van der Waals surface area contributed by atoms with Crippen LogP contribution in [0.2, 0.25) is 0 Å². The molecule has 2 rings (SSSR count). The van der Waals surface area contributed by atoms with E-state index >= 15 is 0 Å². The minimum Gasteiger partial charge on any atom is -0.329 e. The predicted octanol–water partition coefficient (Wildman–Crippen LogP) is 0.543. The van der Waals surface area contributed by atoms with Crippen molar-refractivity contribution in [1.29, 1.82) is 0 Å². The molecule has 0 amide bonds. The lowest BCUT2D eigenvalue weighted by Crippen LogP contribution is -2.52. The smallest absolute Gasteiger partial charge is 0.140 e. The molecule has 0 saturated carbocycles. The second kappa shape index (κ2) is 7.71. The summed E-state index contributed by atoms with van der Waals surface area (Å²) in [5, 5.41) is 4.23. The molecule has 0 aromatic carbocycles.